The second-order valence-electron chi connectivity index (χ2n) is 8.13. The quantitative estimate of drug-likeness (QED) is 0.0505. The number of nitrogens with zero attached hydrogens (tertiary/aromatic N) is 2. The number of carbonyl (C=O) groups excluding carboxylic acids is 4. The summed E-state index contributed by atoms with van der Waals surface area (Å²) < 4.78 is 0. The average Bonchev–Trinajstić information content (AvgIpc) is 3.31. The van der Waals surface area contributed by atoms with Crippen molar-refractivity contribution in [1.82, 2.24) is 25.9 Å². The van der Waals surface area contributed by atoms with Crippen LogP contribution in [0.15, 0.2) is 17.5 Å². The Morgan fingerprint density at radius 1 is 0.921 bits per heavy atom. The highest BCUT2D eigenvalue weighted by atomic mass is 16.4. The van der Waals surface area contributed by atoms with E-state index in [4.69, 9.17) is 22.9 Å². The van der Waals surface area contributed by atoms with Gasteiger partial charge in [0, 0.05) is 24.9 Å². The third-order valence-corrected chi connectivity index (χ3v) is 4.94. The molecule has 4 amide bonds. The summed E-state index contributed by atoms with van der Waals surface area (Å²) in [6, 6.07) is -5.98. The van der Waals surface area contributed by atoms with E-state index in [1.54, 1.807) is 0 Å². The van der Waals surface area contributed by atoms with Gasteiger partial charge in [-0.2, -0.15) is 0 Å². The van der Waals surface area contributed by atoms with E-state index < -0.39 is 72.6 Å². The number of imidazole rings is 1. The molecular weight excluding hydrogens is 508 g/mol. The number of rotatable bonds is 17. The first-order valence-corrected chi connectivity index (χ1v) is 11.2. The highest BCUT2D eigenvalue weighted by Crippen LogP contribution is 2.04. The molecule has 1 aromatic rings. The summed E-state index contributed by atoms with van der Waals surface area (Å²) in [7, 11) is 0. The number of carboxylic acids is 2. The van der Waals surface area contributed by atoms with Crippen molar-refractivity contribution in [3.63, 3.8) is 0 Å². The number of aromatic amines is 1. The number of hydrogen-bond acceptors (Lipinski definition) is 9. The number of guanidine groups is 1. The van der Waals surface area contributed by atoms with Gasteiger partial charge in [-0.1, -0.05) is 0 Å². The number of hydrogen-bond donors (Lipinski definition) is 10. The third-order valence-electron chi connectivity index (χ3n) is 4.94. The fourth-order valence-electron chi connectivity index (χ4n) is 3.10. The summed E-state index contributed by atoms with van der Waals surface area (Å²) in [5, 5.41) is 25.1. The number of carboxylic acid groups (broad SMARTS) is 2. The summed E-state index contributed by atoms with van der Waals surface area (Å²) in [6.45, 7) is 0.0858. The van der Waals surface area contributed by atoms with E-state index in [-0.39, 0.29) is 31.8 Å². The summed E-state index contributed by atoms with van der Waals surface area (Å²) in [6.07, 6.45) is 1.23. The Morgan fingerprint density at radius 2 is 1.50 bits per heavy atom. The number of nitrogens with one attached hydrogen (secondary N) is 4. The number of aliphatic carboxylic acids is 2. The summed E-state index contributed by atoms with van der Waals surface area (Å²) in [5.41, 5.74) is 21.9. The molecule has 4 atom stereocenters. The Balaban J connectivity index is 2.93. The van der Waals surface area contributed by atoms with Crippen LogP contribution in [0.4, 0.5) is 0 Å². The van der Waals surface area contributed by atoms with Crippen molar-refractivity contribution in [2.24, 2.45) is 27.9 Å². The molecule has 4 unspecified atom stereocenters. The first-order chi connectivity index (χ1) is 17.8. The van der Waals surface area contributed by atoms with Gasteiger partial charge in [-0.15, -0.1) is 0 Å². The molecule has 0 radical (unpaired) electrons. The zero-order chi connectivity index (χ0) is 28.8. The molecule has 14 N–H and O–H groups in total. The van der Waals surface area contributed by atoms with Gasteiger partial charge in [0.1, 0.15) is 18.1 Å². The molecule has 1 aromatic heterocycles. The molecule has 0 bridgehead atoms. The van der Waals surface area contributed by atoms with Crippen LogP contribution in [0.25, 0.3) is 0 Å². The van der Waals surface area contributed by atoms with E-state index >= 15 is 0 Å². The first-order valence-electron chi connectivity index (χ1n) is 11.2. The highest BCUT2D eigenvalue weighted by Gasteiger charge is 2.32. The molecule has 0 fully saturated rings. The minimum atomic E-state index is -1.69. The Labute approximate surface area is 216 Å². The largest absolute Gasteiger partial charge is 0.481 e. The van der Waals surface area contributed by atoms with Gasteiger partial charge < -0.3 is 54.1 Å². The number of aromatic nitrogens is 2. The standard InChI is InChI=1S/C20H32N10O8/c21-10(4-9-7-25-8-27-9)16(34)29-13(6-15(32)33)18(36)30-12(5-14(22)31)17(35)28-11(19(37)38)2-1-3-26-20(23)24/h7-8,10-13H,1-6,21H2,(H2,22,31)(H,25,27)(H,28,35)(H,29,34)(H,30,36)(H,32,33)(H,37,38)(H4,23,24,26). The van der Waals surface area contributed by atoms with Crippen molar-refractivity contribution in [3.05, 3.63) is 18.2 Å². The monoisotopic (exact) mass is 540 g/mol. The van der Waals surface area contributed by atoms with Crippen molar-refractivity contribution in [2.75, 3.05) is 6.54 Å². The Hall–Kier alpha value is -4.74. The number of amides is 4. The van der Waals surface area contributed by atoms with Crippen LogP contribution >= 0.6 is 0 Å². The lowest BCUT2D eigenvalue weighted by Gasteiger charge is -2.24. The second kappa shape index (κ2) is 15.4. The van der Waals surface area contributed by atoms with Gasteiger partial charge in [0.25, 0.3) is 0 Å². The van der Waals surface area contributed by atoms with Crippen molar-refractivity contribution >= 4 is 41.5 Å². The van der Waals surface area contributed by atoms with E-state index in [1.165, 1.54) is 12.5 Å². The maximum Gasteiger partial charge on any atom is 0.326 e. The van der Waals surface area contributed by atoms with Gasteiger partial charge in [-0.3, -0.25) is 29.0 Å². The van der Waals surface area contributed by atoms with Gasteiger partial charge >= 0.3 is 11.9 Å². The predicted molar refractivity (Wildman–Crippen MR) is 130 cm³/mol. The van der Waals surface area contributed by atoms with Gasteiger partial charge in [0.05, 0.1) is 25.2 Å². The lowest BCUT2D eigenvalue weighted by Crippen LogP contribution is -2.58. The predicted octanol–water partition coefficient (Wildman–Crippen LogP) is -4.78. The van der Waals surface area contributed by atoms with Crippen LogP contribution in [0.2, 0.25) is 0 Å². The molecule has 0 aliphatic rings. The Morgan fingerprint density at radius 3 is 2.00 bits per heavy atom. The van der Waals surface area contributed by atoms with Crippen molar-refractivity contribution in [3.8, 4) is 0 Å². The van der Waals surface area contributed by atoms with Crippen LogP contribution in [0.3, 0.4) is 0 Å². The summed E-state index contributed by atoms with van der Waals surface area (Å²) >= 11 is 0. The van der Waals surface area contributed by atoms with Crippen molar-refractivity contribution in [2.45, 2.75) is 56.3 Å². The molecule has 0 saturated carbocycles. The van der Waals surface area contributed by atoms with Crippen LogP contribution in [0.1, 0.15) is 31.4 Å². The number of nitrogens with two attached hydrogens (primary N) is 4. The number of H-pyrrole nitrogens is 1. The Kier molecular flexibility index (Phi) is 12.7. The smallest absolute Gasteiger partial charge is 0.326 e. The van der Waals surface area contributed by atoms with Crippen LogP contribution in [0.5, 0.6) is 0 Å². The van der Waals surface area contributed by atoms with E-state index in [9.17, 15) is 39.0 Å². The van der Waals surface area contributed by atoms with Gasteiger partial charge in [-0.05, 0) is 12.8 Å². The maximum absolute atomic E-state index is 12.8. The van der Waals surface area contributed by atoms with E-state index in [1.807, 2.05) is 0 Å². The maximum atomic E-state index is 12.8. The SMILES string of the molecule is NC(=O)CC(NC(=O)C(CC(=O)O)NC(=O)C(N)Cc1cnc[nH]1)C(=O)NC(CCCN=C(N)N)C(=O)O. The molecule has 0 aliphatic carbocycles. The molecule has 0 spiro atoms. The van der Waals surface area contributed by atoms with E-state index in [2.05, 4.69) is 30.9 Å². The lowest BCUT2D eigenvalue weighted by atomic mass is 10.1. The highest BCUT2D eigenvalue weighted by molar-refractivity contribution is 5.97. The fourth-order valence-corrected chi connectivity index (χ4v) is 3.10. The van der Waals surface area contributed by atoms with Gasteiger partial charge in [0.15, 0.2) is 5.96 Å². The molecule has 210 valence electrons. The molecule has 0 saturated heterocycles. The zero-order valence-electron chi connectivity index (χ0n) is 20.3. The minimum absolute atomic E-state index is 0.000287. The van der Waals surface area contributed by atoms with Crippen LogP contribution < -0.4 is 38.9 Å². The molecule has 1 heterocycles. The number of aliphatic imine (C=N–C) groups is 1. The van der Waals surface area contributed by atoms with E-state index in [0.717, 1.165) is 0 Å². The Bertz CT molecular complexity index is 1030. The second-order valence-corrected chi connectivity index (χ2v) is 8.13. The van der Waals surface area contributed by atoms with Crippen LogP contribution in [-0.4, -0.2) is 92.4 Å². The molecule has 1 rings (SSSR count). The molecule has 38 heavy (non-hydrogen) atoms. The summed E-state index contributed by atoms with van der Waals surface area (Å²) in [5.74, 6) is -7.19. The normalized spacial score (nSPS) is 13.7. The third kappa shape index (κ3) is 11.8. The van der Waals surface area contributed by atoms with E-state index in [0.29, 0.717) is 5.69 Å². The number of carbonyl (C=O) groups is 6. The van der Waals surface area contributed by atoms with Crippen molar-refractivity contribution in [1.29, 1.82) is 0 Å². The average molecular weight is 541 g/mol. The van der Waals surface area contributed by atoms with Gasteiger partial charge in [-0.25, -0.2) is 9.78 Å². The summed E-state index contributed by atoms with van der Waals surface area (Å²) in [4.78, 5) is 82.6. The minimum Gasteiger partial charge on any atom is -0.481 e. The molecule has 18 nitrogen and oxygen atoms in total. The van der Waals surface area contributed by atoms with Crippen LogP contribution in [0, 0.1) is 0 Å². The lowest BCUT2D eigenvalue weighted by molar-refractivity contribution is -0.143. The topological polar surface area (TPSA) is 324 Å². The first kappa shape index (κ1) is 31.3. The fraction of sp³-hybridized carbons (Fsp3) is 0.500. The molecule has 18 heteroatoms. The molecular formula is C20H32N10O8. The number of primary amides is 1. The van der Waals surface area contributed by atoms with Crippen molar-refractivity contribution < 1.29 is 39.0 Å². The molecule has 0 aromatic carbocycles. The van der Waals surface area contributed by atoms with Gasteiger partial charge in [0.2, 0.25) is 23.6 Å². The zero-order valence-corrected chi connectivity index (χ0v) is 20.3. The van der Waals surface area contributed by atoms with Crippen LogP contribution in [-0.2, 0) is 35.2 Å². The molecule has 0 aliphatic heterocycles.